The van der Waals surface area contributed by atoms with Crippen molar-refractivity contribution in [3.8, 4) is 0 Å². The lowest BCUT2D eigenvalue weighted by molar-refractivity contribution is -0.384. The summed E-state index contributed by atoms with van der Waals surface area (Å²) in [5.74, 6) is -1.11. The zero-order valence-electron chi connectivity index (χ0n) is 16.7. The molecule has 0 aromatic heterocycles. The summed E-state index contributed by atoms with van der Waals surface area (Å²) in [6.45, 7) is 2.42. The number of ether oxygens (including phenoxy) is 1. The second-order valence-corrected chi connectivity index (χ2v) is 7.23. The number of nitro benzene ring substituents is 1. The molecule has 1 saturated heterocycles. The molecule has 2 aromatic rings. The highest BCUT2D eigenvalue weighted by atomic mass is 35.5. The second kappa shape index (κ2) is 9.57. The van der Waals surface area contributed by atoms with Crippen molar-refractivity contribution in [3.63, 3.8) is 0 Å². The summed E-state index contributed by atoms with van der Waals surface area (Å²) in [6.07, 6.45) is 1.09. The summed E-state index contributed by atoms with van der Waals surface area (Å²) in [5.41, 5.74) is 0.410. The first-order chi connectivity index (χ1) is 14.8. The first kappa shape index (κ1) is 22.2. The molecule has 0 spiro atoms. The number of likely N-dealkylation sites (tertiary alicyclic amines) is 1. The van der Waals surface area contributed by atoms with Crippen LogP contribution in [0.2, 0.25) is 5.02 Å². The number of carbonyl (C=O) groups excluding carboxylic acids is 3. The lowest BCUT2D eigenvalue weighted by atomic mass is 10.1. The average Bonchev–Trinajstić information content (AvgIpc) is 3.16. The van der Waals surface area contributed by atoms with E-state index in [-0.39, 0.29) is 35.5 Å². The number of esters is 1. The maximum Gasteiger partial charge on any atom is 0.338 e. The number of hydrogen-bond donors (Lipinski definition) is 0. The third-order valence-electron chi connectivity index (χ3n) is 4.81. The van der Waals surface area contributed by atoms with Gasteiger partial charge in [0.1, 0.15) is 11.7 Å². The monoisotopic (exact) mass is 445 g/mol. The summed E-state index contributed by atoms with van der Waals surface area (Å²) in [6, 6.07) is 9.95. The van der Waals surface area contributed by atoms with Gasteiger partial charge in [0.05, 0.1) is 17.1 Å². The number of nitrogens with zero attached hydrogens (tertiary/aromatic N) is 3. The smallest absolute Gasteiger partial charge is 0.338 e. The molecule has 2 aromatic carbocycles. The van der Waals surface area contributed by atoms with Crippen LogP contribution in [0.25, 0.3) is 0 Å². The topological polar surface area (TPSA) is 110 Å². The third kappa shape index (κ3) is 5.00. The van der Waals surface area contributed by atoms with Gasteiger partial charge in [-0.15, -0.1) is 0 Å². The number of nitro groups is 1. The van der Waals surface area contributed by atoms with Gasteiger partial charge in [0.25, 0.3) is 11.6 Å². The number of hydrogen-bond acceptors (Lipinski definition) is 6. The normalized spacial score (nSPS) is 13.2. The van der Waals surface area contributed by atoms with Crippen LogP contribution in [0.1, 0.15) is 40.5 Å². The van der Waals surface area contributed by atoms with E-state index in [4.69, 9.17) is 16.3 Å². The molecule has 1 aliphatic heterocycles. The first-order valence-corrected chi connectivity index (χ1v) is 10.0. The maximum atomic E-state index is 13.3. The quantitative estimate of drug-likeness (QED) is 0.365. The Balaban J connectivity index is 1.95. The molecule has 2 amide bonds. The fraction of sp³-hybridized carbons (Fsp3) is 0.286. The summed E-state index contributed by atoms with van der Waals surface area (Å²) in [4.78, 5) is 50.7. The van der Waals surface area contributed by atoms with Crippen LogP contribution in [0, 0.1) is 10.1 Å². The van der Waals surface area contributed by atoms with Crippen LogP contribution >= 0.6 is 11.6 Å². The van der Waals surface area contributed by atoms with Crippen LogP contribution < -0.4 is 4.90 Å². The Morgan fingerprint density at radius 2 is 1.87 bits per heavy atom. The molecule has 0 bridgehead atoms. The van der Waals surface area contributed by atoms with E-state index in [0.717, 1.165) is 6.07 Å². The molecule has 31 heavy (non-hydrogen) atoms. The molecule has 0 saturated carbocycles. The summed E-state index contributed by atoms with van der Waals surface area (Å²) in [7, 11) is 0. The Hall–Kier alpha value is -3.46. The van der Waals surface area contributed by atoms with Crippen molar-refractivity contribution in [1.29, 1.82) is 0 Å². The number of amides is 2. The Morgan fingerprint density at radius 1 is 1.19 bits per heavy atom. The zero-order chi connectivity index (χ0) is 22.5. The summed E-state index contributed by atoms with van der Waals surface area (Å²) < 4.78 is 4.96. The van der Waals surface area contributed by atoms with Crippen molar-refractivity contribution in [2.24, 2.45) is 0 Å². The molecule has 1 heterocycles. The Bertz CT molecular complexity index is 1020. The molecule has 0 radical (unpaired) electrons. The van der Waals surface area contributed by atoms with Gasteiger partial charge in [-0.2, -0.15) is 0 Å². The van der Waals surface area contributed by atoms with E-state index < -0.39 is 16.8 Å². The van der Waals surface area contributed by atoms with Crippen molar-refractivity contribution < 1.29 is 24.0 Å². The number of anilines is 1. The minimum Gasteiger partial charge on any atom is -0.462 e. The fourth-order valence-corrected chi connectivity index (χ4v) is 3.41. The van der Waals surface area contributed by atoms with Gasteiger partial charge in [-0.3, -0.25) is 24.6 Å². The SMILES string of the molecule is CCOC(=O)c1ccc(N(CN2CCCC2=O)C(=O)c2ccc(Cl)c([N+](=O)[O-])c2)cc1. The molecule has 1 aliphatic rings. The molecule has 10 heteroatoms. The Kier molecular flexibility index (Phi) is 6.86. The number of benzene rings is 2. The molecule has 1 fully saturated rings. The van der Waals surface area contributed by atoms with Gasteiger partial charge in [-0.25, -0.2) is 4.79 Å². The van der Waals surface area contributed by atoms with Gasteiger partial charge in [-0.1, -0.05) is 11.6 Å². The van der Waals surface area contributed by atoms with Gasteiger partial charge in [0.2, 0.25) is 5.91 Å². The highest BCUT2D eigenvalue weighted by Crippen LogP contribution is 2.27. The fourth-order valence-electron chi connectivity index (χ4n) is 3.22. The predicted molar refractivity (Wildman–Crippen MR) is 113 cm³/mol. The lowest BCUT2D eigenvalue weighted by Gasteiger charge is -2.28. The minimum absolute atomic E-state index is 0.0210. The number of halogens is 1. The molecule has 9 nitrogen and oxygen atoms in total. The molecular weight excluding hydrogens is 426 g/mol. The molecule has 0 atom stereocenters. The van der Waals surface area contributed by atoms with Crippen LogP contribution in [-0.2, 0) is 9.53 Å². The van der Waals surface area contributed by atoms with Gasteiger partial charge in [-0.05, 0) is 49.7 Å². The van der Waals surface area contributed by atoms with E-state index in [1.807, 2.05) is 0 Å². The summed E-state index contributed by atoms with van der Waals surface area (Å²) in [5, 5.41) is 11.1. The standard InChI is InChI=1S/C21H20ClN3O6/c1-2-31-21(28)14-5-8-16(9-6-14)24(13-23-11-3-4-19(23)26)20(27)15-7-10-17(22)18(12-15)25(29)30/h5-10,12H,2-4,11,13H2,1H3. The van der Waals surface area contributed by atoms with Crippen molar-refractivity contribution in [3.05, 3.63) is 68.7 Å². The van der Waals surface area contributed by atoms with Gasteiger partial charge in [0, 0.05) is 30.3 Å². The lowest BCUT2D eigenvalue weighted by Crippen LogP contribution is -2.42. The van der Waals surface area contributed by atoms with Crippen molar-refractivity contribution in [2.75, 3.05) is 24.7 Å². The van der Waals surface area contributed by atoms with E-state index in [1.165, 1.54) is 29.2 Å². The average molecular weight is 446 g/mol. The molecule has 162 valence electrons. The molecule has 0 aliphatic carbocycles. The largest absolute Gasteiger partial charge is 0.462 e. The van der Waals surface area contributed by atoms with E-state index in [2.05, 4.69) is 0 Å². The van der Waals surface area contributed by atoms with Crippen molar-refractivity contribution >= 4 is 40.8 Å². The van der Waals surface area contributed by atoms with Crippen LogP contribution in [-0.4, -0.2) is 47.4 Å². The molecule has 0 N–H and O–H groups in total. The Morgan fingerprint density at radius 3 is 2.45 bits per heavy atom. The molecule has 0 unspecified atom stereocenters. The highest BCUT2D eigenvalue weighted by Gasteiger charge is 2.28. The minimum atomic E-state index is -0.665. The van der Waals surface area contributed by atoms with E-state index in [9.17, 15) is 24.5 Å². The second-order valence-electron chi connectivity index (χ2n) is 6.83. The van der Waals surface area contributed by atoms with Crippen LogP contribution in [0.4, 0.5) is 11.4 Å². The summed E-state index contributed by atoms with van der Waals surface area (Å²) >= 11 is 5.86. The van der Waals surface area contributed by atoms with Crippen LogP contribution in [0.5, 0.6) is 0 Å². The highest BCUT2D eigenvalue weighted by molar-refractivity contribution is 6.32. The van der Waals surface area contributed by atoms with E-state index in [0.29, 0.717) is 30.6 Å². The first-order valence-electron chi connectivity index (χ1n) is 9.62. The third-order valence-corrected chi connectivity index (χ3v) is 5.13. The van der Waals surface area contributed by atoms with E-state index in [1.54, 1.807) is 24.0 Å². The van der Waals surface area contributed by atoms with E-state index >= 15 is 0 Å². The predicted octanol–water partition coefficient (Wildman–Crippen LogP) is 3.65. The van der Waals surface area contributed by atoms with Crippen molar-refractivity contribution in [1.82, 2.24) is 4.90 Å². The van der Waals surface area contributed by atoms with Crippen LogP contribution in [0.15, 0.2) is 42.5 Å². The van der Waals surface area contributed by atoms with Crippen molar-refractivity contribution in [2.45, 2.75) is 19.8 Å². The number of rotatable bonds is 7. The number of carbonyl (C=O) groups is 3. The van der Waals surface area contributed by atoms with Gasteiger partial charge < -0.3 is 9.64 Å². The van der Waals surface area contributed by atoms with Crippen LogP contribution in [0.3, 0.4) is 0 Å². The zero-order valence-corrected chi connectivity index (χ0v) is 17.5. The molecular formula is C21H20ClN3O6. The molecule has 3 rings (SSSR count). The maximum absolute atomic E-state index is 13.3. The van der Waals surface area contributed by atoms with Gasteiger partial charge >= 0.3 is 5.97 Å². The van der Waals surface area contributed by atoms with Gasteiger partial charge in [0.15, 0.2) is 0 Å². The Labute approximate surface area is 183 Å².